The monoisotopic (exact) mass is 532 g/mol. The van der Waals surface area contributed by atoms with Crippen LogP contribution in [0.5, 0.6) is 5.75 Å². The molecule has 12 heteroatoms. The lowest BCUT2D eigenvalue weighted by molar-refractivity contribution is -0.158. The van der Waals surface area contributed by atoms with Crippen molar-refractivity contribution in [3.8, 4) is 5.75 Å². The molecule has 2 aromatic rings. The molecule has 0 aliphatic carbocycles. The fraction of sp³-hybridized carbons (Fsp3) is 0.348. The van der Waals surface area contributed by atoms with E-state index in [4.69, 9.17) is 32.7 Å². The van der Waals surface area contributed by atoms with Gasteiger partial charge in [-0.15, -0.1) is 0 Å². The Labute approximate surface area is 209 Å². The average Bonchev–Trinajstić information content (AvgIpc) is 3.04. The average molecular weight is 533 g/mol. The predicted octanol–water partition coefficient (Wildman–Crippen LogP) is 5.70. The van der Waals surface area contributed by atoms with Crippen molar-refractivity contribution in [2.75, 3.05) is 18.1 Å². The van der Waals surface area contributed by atoms with Gasteiger partial charge in [0.05, 0.1) is 28.8 Å². The number of nitrogens with zero attached hydrogens (tertiary/aromatic N) is 2. The highest BCUT2D eigenvalue weighted by molar-refractivity contribution is 6.37. The second-order valence-electron chi connectivity index (χ2n) is 8.11. The number of ether oxygens (including phenoxy) is 2. The zero-order valence-corrected chi connectivity index (χ0v) is 20.4. The maximum Gasteiger partial charge on any atom is 0.416 e. The normalized spacial score (nSPS) is 14.5. The number of halogens is 5. The minimum Gasteiger partial charge on any atom is -0.473 e. The van der Waals surface area contributed by atoms with Crippen LogP contribution in [0.4, 0.5) is 23.7 Å². The van der Waals surface area contributed by atoms with Gasteiger partial charge in [0.25, 0.3) is 5.91 Å². The van der Waals surface area contributed by atoms with Crippen LogP contribution >= 0.6 is 23.2 Å². The standard InChI is InChI=1S/C23H21Cl2F3N2O5/c1-4-34-20(32)22(2,3)35-19-16(24)9-13(10-17(19)25)11-30-18(31)12-29(21(30)33)15-7-5-14(6-8-15)23(26,27)28/h5-10H,4,11-12H2,1-3H3. The number of urea groups is 1. The topological polar surface area (TPSA) is 76.2 Å². The van der Waals surface area contributed by atoms with Gasteiger partial charge in [0.15, 0.2) is 11.4 Å². The van der Waals surface area contributed by atoms with Gasteiger partial charge in [-0.2, -0.15) is 13.2 Å². The smallest absolute Gasteiger partial charge is 0.416 e. The molecular formula is C23H21Cl2F3N2O5. The first-order valence-corrected chi connectivity index (χ1v) is 11.1. The van der Waals surface area contributed by atoms with E-state index in [1.165, 1.54) is 26.0 Å². The van der Waals surface area contributed by atoms with E-state index in [-0.39, 0.29) is 41.2 Å². The molecule has 0 radical (unpaired) electrons. The van der Waals surface area contributed by atoms with Crippen molar-refractivity contribution >= 4 is 46.8 Å². The first-order valence-electron chi connectivity index (χ1n) is 10.4. The van der Waals surface area contributed by atoms with E-state index >= 15 is 0 Å². The summed E-state index contributed by atoms with van der Waals surface area (Å²) < 4.78 is 49.1. The van der Waals surface area contributed by atoms with Crippen LogP contribution in [0.3, 0.4) is 0 Å². The number of carbonyl (C=O) groups excluding carboxylic acids is 3. The molecule has 1 fully saturated rings. The van der Waals surface area contributed by atoms with Crippen molar-refractivity contribution in [2.45, 2.75) is 39.1 Å². The lowest BCUT2D eigenvalue weighted by atomic mass is 10.1. The maximum absolute atomic E-state index is 12.8. The number of benzene rings is 2. The molecule has 3 rings (SSSR count). The van der Waals surface area contributed by atoms with E-state index in [1.54, 1.807) is 6.92 Å². The Kier molecular flexibility index (Phi) is 7.56. The summed E-state index contributed by atoms with van der Waals surface area (Å²) in [6.07, 6.45) is -4.52. The van der Waals surface area contributed by atoms with Crippen molar-refractivity contribution in [2.24, 2.45) is 0 Å². The van der Waals surface area contributed by atoms with Gasteiger partial charge < -0.3 is 9.47 Å². The third-order valence-electron chi connectivity index (χ3n) is 5.09. The molecule has 2 aromatic carbocycles. The minimum absolute atomic E-state index is 0.0283. The number of rotatable bonds is 7. The number of hydrogen-bond acceptors (Lipinski definition) is 5. The molecule has 188 valence electrons. The van der Waals surface area contributed by atoms with Gasteiger partial charge in [0.1, 0.15) is 6.54 Å². The molecule has 7 nitrogen and oxygen atoms in total. The number of amides is 3. The van der Waals surface area contributed by atoms with Gasteiger partial charge in [0, 0.05) is 5.69 Å². The van der Waals surface area contributed by atoms with Crippen LogP contribution in [0.15, 0.2) is 36.4 Å². The van der Waals surface area contributed by atoms with Crippen molar-refractivity contribution in [1.29, 1.82) is 0 Å². The number of anilines is 1. The van der Waals surface area contributed by atoms with Gasteiger partial charge in [-0.3, -0.25) is 14.6 Å². The Bertz CT molecular complexity index is 1130. The first kappa shape index (κ1) is 26.6. The largest absolute Gasteiger partial charge is 0.473 e. The van der Waals surface area contributed by atoms with E-state index in [1.807, 2.05) is 0 Å². The highest BCUT2D eigenvalue weighted by atomic mass is 35.5. The van der Waals surface area contributed by atoms with Gasteiger partial charge in [-0.05, 0) is 62.7 Å². The van der Waals surface area contributed by atoms with Crippen LogP contribution in [0.2, 0.25) is 10.0 Å². The minimum atomic E-state index is -4.52. The molecule has 0 aromatic heterocycles. The summed E-state index contributed by atoms with van der Waals surface area (Å²) in [5.41, 5.74) is -1.70. The molecule has 0 N–H and O–H groups in total. The summed E-state index contributed by atoms with van der Waals surface area (Å²) in [4.78, 5) is 39.4. The molecule has 3 amide bonds. The molecule has 0 saturated carbocycles. The number of esters is 1. The zero-order valence-electron chi connectivity index (χ0n) is 18.9. The summed E-state index contributed by atoms with van der Waals surface area (Å²) >= 11 is 12.6. The van der Waals surface area contributed by atoms with E-state index in [9.17, 15) is 27.6 Å². The van der Waals surface area contributed by atoms with E-state index in [2.05, 4.69) is 0 Å². The van der Waals surface area contributed by atoms with Crippen LogP contribution in [-0.2, 0) is 27.0 Å². The van der Waals surface area contributed by atoms with E-state index in [0.29, 0.717) is 5.56 Å². The van der Waals surface area contributed by atoms with Crippen molar-refractivity contribution in [1.82, 2.24) is 4.90 Å². The molecule has 1 saturated heterocycles. The quantitative estimate of drug-likeness (QED) is 0.337. The fourth-order valence-electron chi connectivity index (χ4n) is 3.31. The second-order valence-corrected chi connectivity index (χ2v) is 8.93. The van der Waals surface area contributed by atoms with Crippen LogP contribution in [0, 0.1) is 0 Å². The van der Waals surface area contributed by atoms with E-state index < -0.39 is 35.2 Å². The Balaban J connectivity index is 1.77. The second kappa shape index (κ2) is 9.94. The summed E-state index contributed by atoms with van der Waals surface area (Å²) in [6.45, 7) is 4.28. The van der Waals surface area contributed by atoms with Gasteiger partial charge in [-0.25, -0.2) is 9.59 Å². The Morgan fingerprint density at radius 2 is 1.63 bits per heavy atom. The van der Waals surface area contributed by atoms with E-state index in [0.717, 1.165) is 34.1 Å². The van der Waals surface area contributed by atoms with Crippen LogP contribution in [0.1, 0.15) is 31.9 Å². The van der Waals surface area contributed by atoms with Crippen LogP contribution in [0.25, 0.3) is 0 Å². The molecule has 1 aliphatic rings. The number of alkyl halides is 3. The fourth-order valence-corrected chi connectivity index (χ4v) is 3.92. The highest BCUT2D eigenvalue weighted by Gasteiger charge is 2.38. The van der Waals surface area contributed by atoms with Crippen LogP contribution < -0.4 is 9.64 Å². The van der Waals surface area contributed by atoms with Crippen LogP contribution in [-0.4, -0.2) is 41.6 Å². The molecular weight excluding hydrogens is 512 g/mol. The summed E-state index contributed by atoms with van der Waals surface area (Å²) in [5, 5.41) is 0.0899. The van der Waals surface area contributed by atoms with Crippen molar-refractivity contribution < 1.29 is 37.0 Å². The number of hydrogen-bond donors (Lipinski definition) is 0. The molecule has 1 heterocycles. The molecule has 35 heavy (non-hydrogen) atoms. The number of carbonyl (C=O) groups is 3. The first-order chi connectivity index (χ1) is 16.2. The molecule has 0 unspecified atom stereocenters. The molecule has 0 spiro atoms. The molecule has 0 bridgehead atoms. The lowest BCUT2D eigenvalue weighted by Gasteiger charge is -2.25. The Morgan fingerprint density at radius 3 is 2.14 bits per heavy atom. The SMILES string of the molecule is CCOC(=O)C(C)(C)Oc1c(Cl)cc(CN2C(=O)CN(c3ccc(C(F)(F)F)cc3)C2=O)cc1Cl. The third kappa shape index (κ3) is 5.82. The van der Waals surface area contributed by atoms with Gasteiger partial charge >= 0.3 is 18.2 Å². The maximum atomic E-state index is 12.8. The van der Waals surface area contributed by atoms with Crippen molar-refractivity contribution in [3.63, 3.8) is 0 Å². The molecule has 1 aliphatic heterocycles. The van der Waals surface area contributed by atoms with Crippen molar-refractivity contribution in [3.05, 3.63) is 57.6 Å². The Hall–Kier alpha value is -2.98. The summed E-state index contributed by atoms with van der Waals surface area (Å²) in [5.74, 6) is -1.14. The highest BCUT2D eigenvalue weighted by Crippen LogP contribution is 2.38. The van der Waals surface area contributed by atoms with Gasteiger partial charge in [-0.1, -0.05) is 23.2 Å². The lowest BCUT2D eigenvalue weighted by Crippen LogP contribution is -2.40. The Morgan fingerprint density at radius 1 is 1.06 bits per heavy atom. The van der Waals surface area contributed by atoms with Gasteiger partial charge in [0.2, 0.25) is 0 Å². The molecule has 0 atom stereocenters. The predicted molar refractivity (Wildman–Crippen MR) is 123 cm³/mol. The number of imide groups is 1. The summed E-state index contributed by atoms with van der Waals surface area (Å²) in [6, 6.07) is 6.10. The zero-order chi connectivity index (χ0) is 26.1. The summed E-state index contributed by atoms with van der Waals surface area (Å²) in [7, 11) is 0. The third-order valence-corrected chi connectivity index (χ3v) is 5.65.